The Balaban J connectivity index is 3.23. The number of benzene rings is 1. The third-order valence-corrected chi connectivity index (χ3v) is 9.60. The third-order valence-electron chi connectivity index (χ3n) is 5.00. The largest absolute Gasteiger partial charge is 0.497 e. The van der Waals surface area contributed by atoms with Crippen LogP contribution in [0.3, 0.4) is 0 Å². The lowest BCUT2D eigenvalue weighted by atomic mass is 9.82. The minimum absolute atomic E-state index is 0.0138. The summed E-state index contributed by atoms with van der Waals surface area (Å²) in [4.78, 5) is 0. The van der Waals surface area contributed by atoms with Gasteiger partial charge in [-0.15, -0.1) is 0 Å². The maximum absolute atomic E-state index is 6.83. The fourth-order valence-corrected chi connectivity index (χ4v) is 5.54. The van der Waals surface area contributed by atoms with Crippen LogP contribution in [0.1, 0.15) is 53.2 Å². The smallest absolute Gasteiger partial charge is 0.193 e. The molecule has 0 fully saturated rings. The molecule has 0 amide bonds. The Bertz CT molecular complexity index is 487. The van der Waals surface area contributed by atoms with Crippen molar-refractivity contribution in [2.75, 3.05) is 7.11 Å². The number of rotatable bonds is 8. The van der Waals surface area contributed by atoms with Gasteiger partial charge in [0, 0.05) is 0 Å². The molecule has 0 N–H and O–H groups in total. The maximum atomic E-state index is 6.83. The fraction of sp³-hybridized carbons (Fsp3) is 0.600. The molecular weight excluding hydrogens is 300 g/mol. The molecule has 0 radical (unpaired) electrons. The van der Waals surface area contributed by atoms with Crippen LogP contribution in [-0.4, -0.2) is 15.4 Å². The van der Waals surface area contributed by atoms with Crippen molar-refractivity contribution in [3.63, 3.8) is 0 Å². The Morgan fingerprint density at radius 2 is 1.52 bits per heavy atom. The van der Waals surface area contributed by atoms with Crippen molar-refractivity contribution in [3.05, 3.63) is 42.0 Å². The first-order valence-electron chi connectivity index (χ1n) is 8.74. The lowest BCUT2D eigenvalue weighted by molar-refractivity contribution is 0.199. The second-order valence-corrected chi connectivity index (χ2v) is 12.0. The summed E-state index contributed by atoms with van der Waals surface area (Å²) in [6, 6.07) is 11.7. The van der Waals surface area contributed by atoms with E-state index in [1.54, 1.807) is 7.11 Å². The van der Waals surface area contributed by atoms with E-state index in [1.165, 1.54) is 5.56 Å². The topological polar surface area (TPSA) is 18.5 Å². The minimum atomic E-state index is -1.72. The van der Waals surface area contributed by atoms with Gasteiger partial charge in [-0.2, -0.15) is 0 Å². The summed E-state index contributed by atoms with van der Waals surface area (Å²) >= 11 is 0. The summed E-state index contributed by atoms with van der Waals surface area (Å²) in [5, 5.41) is 0. The van der Waals surface area contributed by atoms with Gasteiger partial charge in [0.2, 0.25) is 0 Å². The van der Waals surface area contributed by atoms with Crippen LogP contribution in [0.25, 0.3) is 0 Å². The molecule has 0 heterocycles. The van der Waals surface area contributed by atoms with Gasteiger partial charge in [-0.3, -0.25) is 0 Å². The van der Waals surface area contributed by atoms with Crippen molar-refractivity contribution >= 4 is 8.32 Å². The second kappa shape index (κ2) is 8.16. The lowest BCUT2D eigenvalue weighted by Gasteiger charge is -2.38. The predicted molar refractivity (Wildman–Crippen MR) is 103 cm³/mol. The van der Waals surface area contributed by atoms with E-state index in [0.717, 1.165) is 29.5 Å². The molecule has 0 aliphatic heterocycles. The Labute approximate surface area is 144 Å². The van der Waals surface area contributed by atoms with Crippen LogP contribution >= 0.6 is 0 Å². The molecule has 1 unspecified atom stereocenters. The second-order valence-electron chi connectivity index (χ2n) is 7.29. The molecule has 3 heteroatoms. The van der Waals surface area contributed by atoms with Gasteiger partial charge >= 0.3 is 0 Å². The van der Waals surface area contributed by atoms with E-state index in [2.05, 4.69) is 60.3 Å². The minimum Gasteiger partial charge on any atom is -0.497 e. The summed E-state index contributed by atoms with van der Waals surface area (Å²) < 4.78 is 12.1. The summed E-state index contributed by atoms with van der Waals surface area (Å²) in [6.45, 7) is 17.8. The summed E-state index contributed by atoms with van der Waals surface area (Å²) in [5.74, 6) is 0.874. The molecule has 0 aliphatic rings. The average Bonchev–Trinajstić information content (AvgIpc) is 2.55. The quantitative estimate of drug-likeness (QED) is 0.407. The first-order valence-corrected chi connectivity index (χ1v) is 11.3. The molecule has 0 saturated heterocycles. The van der Waals surface area contributed by atoms with Gasteiger partial charge in [0.25, 0.3) is 0 Å². The van der Waals surface area contributed by atoms with E-state index in [1.807, 2.05) is 12.1 Å². The van der Waals surface area contributed by atoms with E-state index in [-0.39, 0.29) is 11.5 Å². The SMILES string of the molecule is C=C(C(O[Si](CC)(CC)CC)c1ccc(OC)cc1)C(C)(C)C. The van der Waals surface area contributed by atoms with Crippen molar-refractivity contribution in [2.45, 2.75) is 65.8 Å². The van der Waals surface area contributed by atoms with Gasteiger partial charge in [-0.25, -0.2) is 0 Å². The Morgan fingerprint density at radius 1 is 1.04 bits per heavy atom. The highest BCUT2D eigenvalue weighted by Gasteiger charge is 2.35. The van der Waals surface area contributed by atoms with Crippen LogP contribution in [0.4, 0.5) is 0 Å². The molecule has 0 saturated carbocycles. The molecule has 23 heavy (non-hydrogen) atoms. The first kappa shape index (κ1) is 20.0. The molecule has 1 atom stereocenters. The van der Waals surface area contributed by atoms with Gasteiger partial charge < -0.3 is 9.16 Å². The van der Waals surface area contributed by atoms with E-state index in [0.29, 0.717) is 0 Å². The van der Waals surface area contributed by atoms with Crippen molar-refractivity contribution < 1.29 is 9.16 Å². The lowest BCUT2D eigenvalue weighted by Crippen LogP contribution is -2.38. The highest BCUT2D eigenvalue weighted by Crippen LogP contribution is 2.41. The van der Waals surface area contributed by atoms with Gasteiger partial charge in [-0.05, 0) is 46.8 Å². The molecule has 1 rings (SSSR count). The van der Waals surface area contributed by atoms with E-state index in [4.69, 9.17) is 9.16 Å². The van der Waals surface area contributed by atoms with Crippen LogP contribution in [-0.2, 0) is 4.43 Å². The Kier molecular flexibility index (Phi) is 7.09. The first-order chi connectivity index (χ1) is 10.7. The Morgan fingerprint density at radius 3 is 1.87 bits per heavy atom. The zero-order chi connectivity index (χ0) is 17.7. The van der Waals surface area contributed by atoms with Crippen LogP contribution in [0.15, 0.2) is 36.4 Å². The van der Waals surface area contributed by atoms with Gasteiger partial charge in [0.05, 0.1) is 13.2 Å². The monoisotopic (exact) mass is 334 g/mol. The van der Waals surface area contributed by atoms with Crippen LogP contribution in [0.5, 0.6) is 5.75 Å². The van der Waals surface area contributed by atoms with E-state index in [9.17, 15) is 0 Å². The molecule has 1 aromatic rings. The van der Waals surface area contributed by atoms with Gasteiger partial charge in [0.15, 0.2) is 8.32 Å². The number of hydrogen-bond donors (Lipinski definition) is 0. The van der Waals surface area contributed by atoms with Crippen LogP contribution in [0, 0.1) is 5.41 Å². The number of methoxy groups -OCH3 is 1. The number of hydrogen-bond acceptors (Lipinski definition) is 2. The molecular formula is C20H34O2Si. The fourth-order valence-electron chi connectivity index (χ4n) is 2.76. The maximum Gasteiger partial charge on any atom is 0.193 e. The normalized spacial score (nSPS) is 13.7. The van der Waals surface area contributed by atoms with Gasteiger partial charge in [-0.1, -0.05) is 60.3 Å². The molecule has 0 bridgehead atoms. The summed E-state index contributed by atoms with van der Waals surface area (Å²) in [6.07, 6.45) is -0.0348. The standard InChI is InChI=1S/C20H34O2Si/c1-9-23(10-2,11-3)22-19(16(4)20(5,6)7)17-12-14-18(21-8)15-13-17/h12-15,19H,4,9-11H2,1-3,5-8H3. The zero-order valence-electron chi connectivity index (χ0n) is 16.0. The molecule has 0 aromatic heterocycles. The summed E-state index contributed by atoms with van der Waals surface area (Å²) in [5.41, 5.74) is 2.34. The molecule has 0 spiro atoms. The number of ether oxygens (including phenoxy) is 1. The van der Waals surface area contributed by atoms with Crippen LogP contribution < -0.4 is 4.74 Å². The molecule has 1 aromatic carbocycles. The van der Waals surface area contributed by atoms with Crippen molar-refractivity contribution in [1.29, 1.82) is 0 Å². The molecule has 2 nitrogen and oxygen atoms in total. The third kappa shape index (κ3) is 4.95. The predicted octanol–water partition coefficient (Wildman–Crippen LogP) is 6.36. The zero-order valence-corrected chi connectivity index (χ0v) is 17.0. The van der Waals surface area contributed by atoms with Crippen molar-refractivity contribution in [3.8, 4) is 5.75 Å². The van der Waals surface area contributed by atoms with Gasteiger partial charge in [0.1, 0.15) is 5.75 Å². The van der Waals surface area contributed by atoms with E-state index < -0.39 is 8.32 Å². The molecule has 0 aliphatic carbocycles. The average molecular weight is 335 g/mol. The van der Waals surface area contributed by atoms with E-state index >= 15 is 0 Å². The van der Waals surface area contributed by atoms with Crippen molar-refractivity contribution in [1.82, 2.24) is 0 Å². The highest BCUT2D eigenvalue weighted by molar-refractivity contribution is 6.73. The van der Waals surface area contributed by atoms with Crippen molar-refractivity contribution in [2.24, 2.45) is 5.41 Å². The van der Waals surface area contributed by atoms with Crippen LogP contribution in [0.2, 0.25) is 18.1 Å². The Hall–Kier alpha value is -1.06. The summed E-state index contributed by atoms with van der Waals surface area (Å²) in [7, 11) is -0.0241. The highest BCUT2D eigenvalue weighted by atomic mass is 28.4. The molecule has 130 valence electrons.